The Kier molecular flexibility index (Phi) is 9.51. The van der Waals surface area contributed by atoms with Crippen molar-refractivity contribution in [3.8, 4) is 11.1 Å². The minimum atomic E-state index is -0.451. The SMILES string of the molecule is CC1=C2CCCC(OC(=O)NCCOCCO)CCC2C(c2cccc(-c3c(C)c4cc5c(cc4oc3=O)NCCC5)c2)=NN1. The van der Waals surface area contributed by atoms with Gasteiger partial charge in [0.25, 0.3) is 0 Å². The first-order valence-corrected chi connectivity index (χ1v) is 16.0. The quantitative estimate of drug-likeness (QED) is 0.196. The van der Waals surface area contributed by atoms with Crippen molar-refractivity contribution < 1.29 is 23.8 Å². The second-order valence-corrected chi connectivity index (χ2v) is 12.1. The number of hydrazone groups is 1. The van der Waals surface area contributed by atoms with Crippen molar-refractivity contribution in [1.82, 2.24) is 10.7 Å². The molecule has 3 heterocycles. The van der Waals surface area contributed by atoms with Crippen LogP contribution in [-0.2, 0) is 15.9 Å². The number of nitrogens with zero attached hydrogens (tertiary/aromatic N) is 1. The summed E-state index contributed by atoms with van der Waals surface area (Å²) in [5.74, 6) is 0.0657. The van der Waals surface area contributed by atoms with Crippen molar-refractivity contribution in [2.75, 3.05) is 38.2 Å². The number of anilines is 1. The smallest absolute Gasteiger partial charge is 0.407 e. The molecule has 2 atom stereocenters. The molecule has 10 nitrogen and oxygen atoms in total. The van der Waals surface area contributed by atoms with Gasteiger partial charge in [-0.1, -0.05) is 18.2 Å². The van der Waals surface area contributed by atoms with Crippen LogP contribution in [0, 0.1) is 12.8 Å². The van der Waals surface area contributed by atoms with E-state index < -0.39 is 6.09 Å². The van der Waals surface area contributed by atoms with E-state index in [4.69, 9.17) is 24.1 Å². The van der Waals surface area contributed by atoms with E-state index in [9.17, 15) is 9.59 Å². The van der Waals surface area contributed by atoms with Crippen LogP contribution >= 0.6 is 0 Å². The highest BCUT2D eigenvalue weighted by Crippen LogP contribution is 2.37. The van der Waals surface area contributed by atoms with Crippen molar-refractivity contribution in [2.45, 2.75) is 64.9 Å². The number of ether oxygens (including phenoxy) is 2. The van der Waals surface area contributed by atoms with Crippen LogP contribution in [0.15, 0.2) is 62.0 Å². The Labute approximate surface area is 262 Å². The molecule has 2 aliphatic heterocycles. The number of carbonyl (C=O) groups is 1. The van der Waals surface area contributed by atoms with Crippen LogP contribution < -0.4 is 21.7 Å². The van der Waals surface area contributed by atoms with Crippen LogP contribution in [0.3, 0.4) is 0 Å². The maximum atomic E-state index is 13.4. The van der Waals surface area contributed by atoms with E-state index in [1.54, 1.807) is 0 Å². The first-order valence-electron chi connectivity index (χ1n) is 16.0. The van der Waals surface area contributed by atoms with Crippen molar-refractivity contribution in [3.05, 3.63) is 74.8 Å². The van der Waals surface area contributed by atoms with Gasteiger partial charge in [-0.15, -0.1) is 0 Å². The summed E-state index contributed by atoms with van der Waals surface area (Å²) in [4.78, 5) is 25.8. The molecule has 238 valence electrons. The normalized spacial score (nSPS) is 19.8. The lowest BCUT2D eigenvalue weighted by molar-refractivity contribution is 0.0723. The first kappa shape index (κ1) is 30.9. The van der Waals surface area contributed by atoms with Gasteiger partial charge in [0.2, 0.25) is 0 Å². The molecule has 1 amide bonds. The van der Waals surface area contributed by atoms with Gasteiger partial charge in [0, 0.05) is 41.8 Å². The molecule has 10 heteroatoms. The highest BCUT2D eigenvalue weighted by Gasteiger charge is 2.31. The minimum Gasteiger partial charge on any atom is -0.446 e. The van der Waals surface area contributed by atoms with Crippen molar-refractivity contribution in [3.63, 3.8) is 0 Å². The number of aliphatic hydroxyl groups is 1. The number of carbonyl (C=O) groups excluding carboxylic acids is 1. The lowest BCUT2D eigenvalue weighted by Gasteiger charge is -2.32. The molecule has 0 spiro atoms. The number of allylic oxidation sites excluding steroid dienone is 2. The Balaban J connectivity index is 1.23. The van der Waals surface area contributed by atoms with Gasteiger partial charge >= 0.3 is 11.7 Å². The largest absolute Gasteiger partial charge is 0.446 e. The lowest BCUT2D eigenvalue weighted by Crippen LogP contribution is -2.34. The molecule has 3 aliphatic rings. The van der Waals surface area contributed by atoms with Crippen molar-refractivity contribution in [1.29, 1.82) is 0 Å². The first-order chi connectivity index (χ1) is 21.9. The fourth-order valence-electron chi connectivity index (χ4n) is 6.86. The van der Waals surface area contributed by atoms with Gasteiger partial charge in [-0.25, -0.2) is 9.59 Å². The summed E-state index contributed by atoms with van der Waals surface area (Å²) in [6.07, 6.45) is 5.49. The molecule has 1 saturated carbocycles. The molecule has 3 aromatic rings. The van der Waals surface area contributed by atoms with Crippen LogP contribution in [0.5, 0.6) is 0 Å². The highest BCUT2D eigenvalue weighted by molar-refractivity contribution is 6.05. The van der Waals surface area contributed by atoms with Gasteiger partial charge < -0.3 is 29.6 Å². The molecule has 6 rings (SSSR count). The number of aryl methyl sites for hydroxylation is 2. The summed E-state index contributed by atoms with van der Waals surface area (Å²) in [6.45, 7) is 5.84. The molecule has 1 aliphatic carbocycles. The van der Waals surface area contributed by atoms with E-state index >= 15 is 0 Å². The van der Waals surface area contributed by atoms with E-state index in [0.29, 0.717) is 30.7 Å². The van der Waals surface area contributed by atoms with Crippen LogP contribution in [0.1, 0.15) is 62.1 Å². The zero-order valence-corrected chi connectivity index (χ0v) is 26.0. The predicted molar refractivity (Wildman–Crippen MR) is 175 cm³/mol. The molecule has 1 aromatic heterocycles. The van der Waals surface area contributed by atoms with Gasteiger partial charge in [0.05, 0.1) is 31.1 Å². The molecule has 0 radical (unpaired) electrons. The van der Waals surface area contributed by atoms with Gasteiger partial charge in [0.1, 0.15) is 11.7 Å². The lowest BCUT2D eigenvalue weighted by atomic mass is 9.79. The second-order valence-electron chi connectivity index (χ2n) is 12.1. The zero-order chi connectivity index (χ0) is 31.3. The fourth-order valence-corrected chi connectivity index (χ4v) is 6.86. The van der Waals surface area contributed by atoms with Gasteiger partial charge in [-0.05, 0) is 98.8 Å². The van der Waals surface area contributed by atoms with Crippen molar-refractivity contribution >= 4 is 28.5 Å². The number of amides is 1. The van der Waals surface area contributed by atoms with Gasteiger partial charge in [-0.2, -0.15) is 5.10 Å². The Morgan fingerprint density at radius 2 is 1.96 bits per heavy atom. The molecule has 4 N–H and O–H groups in total. The van der Waals surface area contributed by atoms with E-state index in [2.05, 4.69) is 29.0 Å². The molecular weight excluding hydrogens is 572 g/mol. The number of hydrogen-bond donors (Lipinski definition) is 4. The monoisotopic (exact) mass is 614 g/mol. The summed E-state index contributed by atoms with van der Waals surface area (Å²) in [5, 5.41) is 20.7. The molecular formula is C35H42N4O6. The molecule has 2 aromatic carbocycles. The van der Waals surface area contributed by atoms with Crippen molar-refractivity contribution in [2.24, 2.45) is 11.0 Å². The fraction of sp³-hybridized carbons (Fsp3) is 0.457. The molecule has 0 bridgehead atoms. The second kappa shape index (κ2) is 13.9. The minimum absolute atomic E-state index is 0.0488. The number of hydrogen-bond acceptors (Lipinski definition) is 9. The molecule has 2 unspecified atom stereocenters. The Morgan fingerprint density at radius 3 is 2.82 bits per heavy atom. The average molecular weight is 615 g/mol. The van der Waals surface area contributed by atoms with E-state index in [1.807, 2.05) is 37.3 Å². The third kappa shape index (κ3) is 6.77. The summed E-state index contributed by atoms with van der Waals surface area (Å²) in [5.41, 5.74) is 12.4. The van der Waals surface area contributed by atoms with Crippen LogP contribution in [-0.4, -0.2) is 55.9 Å². The van der Waals surface area contributed by atoms with Crippen LogP contribution in [0.4, 0.5) is 10.5 Å². The third-order valence-corrected chi connectivity index (χ3v) is 9.13. The summed E-state index contributed by atoms with van der Waals surface area (Å²) >= 11 is 0. The topological polar surface area (TPSA) is 134 Å². The number of alkyl carbamates (subject to hydrolysis) is 1. The number of benzene rings is 2. The summed E-state index contributed by atoms with van der Waals surface area (Å²) < 4.78 is 16.9. The predicted octanol–water partition coefficient (Wildman–Crippen LogP) is 5.39. The third-order valence-electron chi connectivity index (χ3n) is 9.13. The van der Waals surface area contributed by atoms with Gasteiger partial charge in [0.15, 0.2) is 0 Å². The zero-order valence-electron chi connectivity index (χ0n) is 26.0. The Hall–Kier alpha value is -4.15. The molecule has 45 heavy (non-hydrogen) atoms. The Bertz CT molecular complexity index is 1690. The summed E-state index contributed by atoms with van der Waals surface area (Å²) in [6, 6.07) is 12.1. The Morgan fingerprint density at radius 1 is 1.09 bits per heavy atom. The summed E-state index contributed by atoms with van der Waals surface area (Å²) in [7, 11) is 0. The molecule has 1 fully saturated rings. The number of fused-ring (bicyclic) bond motifs is 3. The number of aliphatic hydroxyl groups excluding tert-OH is 1. The van der Waals surface area contributed by atoms with E-state index in [1.165, 1.54) is 11.1 Å². The van der Waals surface area contributed by atoms with Gasteiger partial charge in [-0.3, -0.25) is 5.43 Å². The van der Waals surface area contributed by atoms with Crippen LogP contribution in [0.25, 0.3) is 22.1 Å². The highest BCUT2D eigenvalue weighted by atomic mass is 16.6. The number of rotatable bonds is 8. The molecule has 0 saturated heterocycles. The number of nitrogens with one attached hydrogen (secondary N) is 3. The van der Waals surface area contributed by atoms with Crippen LogP contribution in [0.2, 0.25) is 0 Å². The van der Waals surface area contributed by atoms with E-state index in [-0.39, 0.29) is 30.9 Å². The maximum absolute atomic E-state index is 13.4. The van der Waals surface area contributed by atoms with E-state index in [0.717, 1.165) is 84.2 Å². The standard InChI is InChI=1S/C35H42N4O6/c1-21-29-19-23-8-5-13-36-30(23)20-31(29)45-34(41)32(21)24-6-3-7-25(18-24)33-28-12-11-26(9-4-10-27(28)22(2)38-39-33)44-35(42)37-14-16-43-17-15-40/h3,6-7,18-20,26,28,36,38,40H,4-5,8-17H2,1-2H3,(H,37,42). The maximum Gasteiger partial charge on any atom is 0.407 e. The average Bonchev–Trinajstić information content (AvgIpc) is 3.02.